The van der Waals surface area contributed by atoms with Crippen LogP contribution < -0.4 is 10.9 Å². The Morgan fingerprint density at radius 3 is 2.76 bits per heavy atom. The highest BCUT2D eigenvalue weighted by molar-refractivity contribution is 7.14. The number of aryl methyl sites for hydroxylation is 1. The van der Waals surface area contributed by atoms with Gasteiger partial charge in [-0.15, -0.1) is 11.3 Å². The largest absolute Gasteiger partial charge is 0.362 e. The molecule has 0 fully saturated rings. The fourth-order valence-corrected chi connectivity index (χ4v) is 2.69. The summed E-state index contributed by atoms with van der Waals surface area (Å²) in [7, 11) is 0. The van der Waals surface area contributed by atoms with Gasteiger partial charge in [-0.25, -0.2) is 9.67 Å². The zero-order chi connectivity index (χ0) is 15.4. The fraction of sp³-hybridized carbons (Fsp3) is 0.533. The van der Waals surface area contributed by atoms with Crippen molar-refractivity contribution in [3.8, 4) is 11.3 Å². The number of nitrogens with zero attached hydrogens (tertiary/aromatic N) is 3. The third-order valence-corrected chi connectivity index (χ3v) is 3.99. The lowest BCUT2D eigenvalue weighted by Gasteiger charge is -2.10. The normalized spacial score (nSPS) is 11.1. The molecular formula is C15H22N4OS. The lowest BCUT2D eigenvalue weighted by Crippen LogP contribution is -2.25. The summed E-state index contributed by atoms with van der Waals surface area (Å²) < 4.78 is 1.52. The Morgan fingerprint density at radius 1 is 1.38 bits per heavy atom. The lowest BCUT2D eigenvalue weighted by molar-refractivity contribution is 0.587. The molecule has 6 heteroatoms. The van der Waals surface area contributed by atoms with E-state index in [1.54, 1.807) is 0 Å². The van der Waals surface area contributed by atoms with Crippen LogP contribution in [0.5, 0.6) is 0 Å². The van der Waals surface area contributed by atoms with Crippen molar-refractivity contribution in [3.05, 3.63) is 27.5 Å². The molecule has 0 aromatic carbocycles. The van der Waals surface area contributed by atoms with Crippen molar-refractivity contribution in [3.63, 3.8) is 0 Å². The third-order valence-electron chi connectivity index (χ3n) is 3.19. The van der Waals surface area contributed by atoms with E-state index in [9.17, 15) is 4.79 Å². The van der Waals surface area contributed by atoms with Gasteiger partial charge < -0.3 is 5.32 Å². The Bertz CT molecular complexity index is 660. The van der Waals surface area contributed by atoms with Gasteiger partial charge in [0.1, 0.15) is 0 Å². The van der Waals surface area contributed by atoms with Crippen LogP contribution in [0.15, 0.2) is 16.2 Å². The van der Waals surface area contributed by atoms with E-state index >= 15 is 0 Å². The van der Waals surface area contributed by atoms with Gasteiger partial charge in [-0.05, 0) is 25.3 Å². The quantitative estimate of drug-likeness (QED) is 0.889. The Hall–Kier alpha value is -1.69. The smallest absolute Gasteiger partial charge is 0.276 e. The second-order valence-corrected chi connectivity index (χ2v) is 6.08. The van der Waals surface area contributed by atoms with Crippen molar-refractivity contribution in [1.29, 1.82) is 0 Å². The summed E-state index contributed by atoms with van der Waals surface area (Å²) in [5.74, 6) is 0.276. The minimum absolute atomic E-state index is 0.0748. The van der Waals surface area contributed by atoms with Crippen LogP contribution in [0.4, 0.5) is 5.13 Å². The number of thiazole rings is 1. The summed E-state index contributed by atoms with van der Waals surface area (Å²) in [4.78, 5) is 17.0. The van der Waals surface area contributed by atoms with Crippen LogP contribution in [0.25, 0.3) is 11.3 Å². The first kappa shape index (κ1) is 15.7. The molecule has 0 bridgehead atoms. The zero-order valence-corrected chi connectivity index (χ0v) is 13.8. The first-order chi connectivity index (χ1) is 10.1. The first-order valence-electron chi connectivity index (χ1n) is 7.38. The van der Waals surface area contributed by atoms with Crippen LogP contribution in [0.2, 0.25) is 0 Å². The maximum Gasteiger partial charge on any atom is 0.276 e. The molecule has 0 aliphatic carbocycles. The van der Waals surface area contributed by atoms with Gasteiger partial charge >= 0.3 is 0 Å². The van der Waals surface area contributed by atoms with E-state index < -0.39 is 0 Å². The highest BCUT2D eigenvalue weighted by Crippen LogP contribution is 2.24. The second-order valence-electron chi connectivity index (χ2n) is 5.22. The highest BCUT2D eigenvalue weighted by atomic mass is 32.1. The minimum atomic E-state index is -0.0748. The molecule has 0 unspecified atom stereocenters. The molecule has 5 nitrogen and oxygen atoms in total. The Labute approximate surface area is 129 Å². The summed E-state index contributed by atoms with van der Waals surface area (Å²) in [6.45, 7) is 9.64. The molecule has 0 saturated carbocycles. The van der Waals surface area contributed by atoms with E-state index in [0.717, 1.165) is 29.5 Å². The van der Waals surface area contributed by atoms with E-state index in [-0.39, 0.29) is 11.5 Å². The van der Waals surface area contributed by atoms with Crippen molar-refractivity contribution in [2.45, 2.75) is 46.6 Å². The van der Waals surface area contributed by atoms with E-state index in [4.69, 9.17) is 0 Å². The molecule has 0 spiro atoms. The molecule has 0 radical (unpaired) electrons. The van der Waals surface area contributed by atoms with Crippen LogP contribution in [0.1, 0.15) is 45.7 Å². The molecule has 0 saturated heterocycles. The second kappa shape index (κ2) is 6.85. The number of aromatic nitrogens is 3. The van der Waals surface area contributed by atoms with Gasteiger partial charge in [-0.3, -0.25) is 4.79 Å². The van der Waals surface area contributed by atoms with E-state index in [2.05, 4.69) is 36.2 Å². The summed E-state index contributed by atoms with van der Waals surface area (Å²) in [6.07, 6.45) is 1.05. The minimum Gasteiger partial charge on any atom is -0.362 e. The van der Waals surface area contributed by atoms with Crippen LogP contribution in [0, 0.1) is 0 Å². The number of rotatable bonds is 6. The van der Waals surface area contributed by atoms with Gasteiger partial charge in [0.05, 0.1) is 17.0 Å². The van der Waals surface area contributed by atoms with Gasteiger partial charge in [0, 0.05) is 18.5 Å². The molecule has 0 aliphatic rings. The number of anilines is 1. The Balaban J connectivity index is 2.44. The molecular weight excluding hydrogens is 284 g/mol. The number of hydrogen-bond donors (Lipinski definition) is 1. The van der Waals surface area contributed by atoms with Crippen molar-refractivity contribution in [1.82, 2.24) is 14.8 Å². The van der Waals surface area contributed by atoms with Crippen molar-refractivity contribution >= 4 is 16.5 Å². The van der Waals surface area contributed by atoms with Gasteiger partial charge in [-0.2, -0.15) is 5.10 Å². The SMILES string of the molecule is CCCNc1nc(-c2cc(C(C)C)nn(CC)c2=O)cs1. The average Bonchev–Trinajstić information content (AvgIpc) is 2.93. The highest BCUT2D eigenvalue weighted by Gasteiger charge is 2.14. The fourth-order valence-electron chi connectivity index (χ4n) is 1.95. The maximum atomic E-state index is 12.4. The molecule has 1 N–H and O–H groups in total. The molecule has 2 aromatic rings. The topological polar surface area (TPSA) is 59.8 Å². The Kier molecular flexibility index (Phi) is 5.12. The van der Waals surface area contributed by atoms with Gasteiger partial charge in [0.25, 0.3) is 5.56 Å². The molecule has 0 atom stereocenters. The molecule has 2 heterocycles. The summed E-state index contributed by atoms with van der Waals surface area (Å²) >= 11 is 1.53. The van der Waals surface area contributed by atoms with Crippen LogP contribution in [-0.4, -0.2) is 21.3 Å². The van der Waals surface area contributed by atoms with Gasteiger partial charge in [-0.1, -0.05) is 20.8 Å². The standard InChI is InChI=1S/C15H22N4OS/c1-5-7-16-15-17-13(9-21-15)11-8-12(10(3)4)18-19(6-2)14(11)20/h8-10H,5-7H2,1-4H3,(H,16,17). The molecule has 2 rings (SSSR count). The zero-order valence-electron chi connectivity index (χ0n) is 13.0. The van der Waals surface area contributed by atoms with Gasteiger partial charge in [0.2, 0.25) is 0 Å². The van der Waals surface area contributed by atoms with Crippen LogP contribution in [-0.2, 0) is 6.54 Å². The van der Waals surface area contributed by atoms with E-state index in [1.807, 2.05) is 18.4 Å². The van der Waals surface area contributed by atoms with Crippen molar-refractivity contribution in [2.75, 3.05) is 11.9 Å². The Morgan fingerprint density at radius 2 is 2.14 bits per heavy atom. The maximum absolute atomic E-state index is 12.4. The summed E-state index contributed by atoms with van der Waals surface area (Å²) in [5, 5.41) is 10.4. The summed E-state index contributed by atoms with van der Waals surface area (Å²) in [6, 6.07) is 1.87. The summed E-state index contributed by atoms with van der Waals surface area (Å²) in [5.41, 5.74) is 2.21. The predicted octanol–water partition coefficient (Wildman–Crippen LogP) is 3.33. The molecule has 0 amide bonds. The molecule has 0 aliphatic heterocycles. The number of nitrogens with one attached hydrogen (secondary N) is 1. The first-order valence-corrected chi connectivity index (χ1v) is 8.26. The van der Waals surface area contributed by atoms with Crippen LogP contribution >= 0.6 is 11.3 Å². The van der Waals surface area contributed by atoms with Crippen molar-refractivity contribution < 1.29 is 0 Å². The van der Waals surface area contributed by atoms with E-state index in [1.165, 1.54) is 16.0 Å². The van der Waals surface area contributed by atoms with Crippen molar-refractivity contribution in [2.24, 2.45) is 0 Å². The monoisotopic (exact) mass is 306 g/mol. The third kappa shape index (κ3) is 3.50. The van der Waals surface area contributed by atoms with Gasteiger partial charge in [0.15, 0.2) is 5.13 Å². The molecule has 114 valence electrons. The predicted molar refractivity (Wildman–Crippen MR) is 88.1 cm³/mol. The average molecular weight is 306 g/mol. The lowest BCUT2D eigenvalue weighted by atomic mass is 10.1. The van der Waals surface area contributed by atoms with E-state index in [0.29, 0.717) is 12.1 Å². The molecule has 21 heavy (non-hydrogen) atoms. The molecule has 2 aromatic heterocycles. The number of hydrogen-bond acceptors (Lipinski definition) is 5. The van der Waals surface area contributed by atoms with Crippen LogP contribution in [0.3, 0.4) is 0 Å².